The predicted molar refractivity (Wildman–Crippen MR) is 153 cm³/mol. The molecule has 0 atom stereocenters. The zero-order valence-electron chi connectivity index (χ0n) is 21.0. The number of nitrogens with zero attached hydrogens (tertiary/aromatic N) is 5. The van der Waals surface area contributed by atoms with Gasteiger partial charge in [-0.15, -0.1) is 0 Å². The van der Waals surface area contributed by atoms with Gasteiger partial charge in [0.15, 0.2) is 0 Å². The van der Waals surface area contributed by atoms with Crippen molar-refractivity contribution in [2.45, 2.75) is 26.2 Å². The fourth-order valence-corrected chi connectivity index (χ4v) is 5.09. The van der Waals surface area contributed by atoms with Crippen molar-refractivity contribution < 1.29 is 0 Å². The largest absolute Gasteiger partial charge is 0.356 e. The summed E-state index contributed by atoms with van der Waals surface area (Å²) in [4.78, 5) is 7.27. The molecule has 0 unspecified atom stereocenters. The van der Waals surface area contributed by atoms with Crippen LogP contribution in [0.1, 0.15) is 30.5 Å². The third kappa shape index (κ3) is 4.70. The van der Waals surface area contributed by atoms with E-state index in [4.69, 9.17) is 10.1 Å². The molecule has 3 aromatic carbocycles. The van der Waals surface area contributed by atoms with E-state index in [2.05, 4.69) is 93.8 Å². The molecule has 1 aliphatic heterocycles. The molecule has 5 aromatic rings. The highest BCUT2D eigenvalue weighted by Crippen LogP contribution is 2.31. The maximum atomic E-state index is 4.92. The van der Waals surface area contributed by atoms with Crippen LogP contribution >= 0.6 is 0 Å². The topological polar surface area (TPSA) is 58.3 Å². The molecule has 0 spiro atoms. The summed E-state index contributed by atoms with van der Waals surface area (Å²) in [6, 6.07) is 31.0. The number of aryl methyl sites for hydroxylation is 1. The second-order valence-corrected chi connectivity index (χ2v) is 9.43. The second kappa shape index (κ2) is 10.3. The molecule has 1 fully saturated rings. The van der Waals surface area contributed by atoms with Gasteiger partial charge < -0.3 is 4.90 Å². The summed E-state index contributed by atoms with van der Waals surface area (Å²) in [6.45, 7) is 4.10. The minimum absolute atomic E-state index is 0.710. The van der Waals surface area contributed by atoms with Gasteiger partial charge in [-0.2, -0.15) is 10.2 Å². The van der Waals surface area contributed by atoms with Crippen LogP contribution in [0.5, 0.6) is 0 Å². The number of para-hydroxylation sites is 2. The molecular formula is C31H30N6. The molecule has 184 valence electrons. The van der Waals surface area contributed by atoms with Crippen LogP contribution < -0.4 is 10.3 Å². The van der Waals surface area contributed by atoms with Crippen molar-refractivity contribution in [1.29, 1.82) is 0 Å². The lowest BCUT2D eigenvalue weighted by Crippen LogP contribution is -2.32. The van der Waals surface area contributed by atoms with Gasteiger partial charge in [0.1, 0.15) is 11.6 Å². The highest BCUT2D eigenvalue weighted by molar-refractivity contribution is 5.96. The number of hydrazone groups is 1. The number of fused-ring (bicyclic) bond motifs is 1. The zero-order valence-corrected chi connectivity index (χ0v) is 21.0. The Balaban J connectivity index is 1.36. The third-order valence-electron chi connectivity index (χ3n) is 6.91. The van der Waals surface area contributed by atoms with Crippen LogP contribution in [0.25, 0.3) is 27.7 Å². The summed E-state index contributed by atoms with van der Waals surface area (Å²) in [7, 11) is 0. The Labute approximate surface area is 217 Å². The summed E-state index contributed by atoms with van der Waals surface area (Å²) in [5.41, 5.74) is 9.46. The Kier molecular flexibility index (Phi) is 6.38. The normalized spacial score (nSPS) is 13.9. The van der Waals surface area contributed by atoms with Crippen molar-refractivity contribution in [2.24, 2.45) is 5.10 Å². The number of rotatable bonds is 6. The highest BCUT2D eigenvalue weighted by Gasteiger charge is 2.22. The fourth-order valence-electron chi connectivity index (χ4n) is 5.09. The van der Waals surface area contributed by atoms with Crippen LogP contribution in [0.4, 0.5) is 11.6 Å². The van der Waals surface area contributed by atoms with Crippen molar-refractivity contribution in [1.82, 2.24) is 14.8 Å². The number of hydrogen-bond acceptors (Lipinski definition) is 5. The smallest absolute Gasteiger partial charge is 0.147 e. The van der Waals surface area contributed by atoms with Gasteiger partial charge in [-0.1, -0.05) is 66.7 Å². The molecule has 0 radical (unpaired) electrons. The van der Waals surface area contributed by atoms with E-state index in [9.17, 15) is 0 Å². The Hall–Kier alpha value is -4.45. The van der Waals surface area contributed by atoms with Gasteiger partial charge in [-0.3, -0.25) is 5.43 Å². The Bertz CT molecular complexity index is 1530. The van der Waals surface area contributed by atoms with Crippen molar-refractivity contribution in [3.05, 3.63) is 102 Å². The van der Waals surface area contributed by atoms with E-state index in [0.717, 1.165) is 57.9 Å². The van der Waals surface area contributed by atoms with Crippen LogP contribution in [-0.4, -0.2) is 34.1 Å². The fraction of sp³-hybridized carbons (Fsp3) is 0.194. The second-order valence-electron chi connectivity index (χ2n) is 9.43. The average Bonchev–Trinajstić information content (AvgIpc) is 3.30. The number of anilines is 2. The molecule has 2 aromatic heterocycles. The lowest BCUT2D eigenvalue weighted by molar-refractivity contribution is 0.567. The van der Waals surface area contributed by atoms with Crippen LogP contribution in [0, 0.1) is 6.92 Å². The summed E-state index contributed by atoms with van der Waals surface area (Å²) in [5.74, 6) is 1.81. The number of nitrogens with one attached hydrogen (secondary N) is 1. The average molecular weight is 487 g/mol. The van der Waals surface area contributed by atoms with Gasteiger partial charge in [0, 0.05) is 18.5 Å². The van der Waals surface area contributed by atoms with Crippen LogP contribution in [0.15, 0.2) is 96.1 Å². The Morgan fingerprint density at radius 1 is 0.838 bits per heavy atom. The molecule has 37 heavy (non-hydrogen) atoms. The first-order chi connectivity index (χ1) is 18.3. The minimum Gasteiger partial charge on any atom is -0.356 e. The molecule has 0 bridgehead atoms. The third-order valence-corrected chi connectivity index (χ3v) is 6.91. The van der Waals surface area contributed by atoms with E-state index < -0.39 is 0 Å². The Morgan fingerprint density at radius 2 is 1.54 bits per heavy atom. The van der Waals surface area contributed by atoms with Crippen molar-refractivity contribution >= 4 is 28.8 Å². The van der Waals surface area contributed by atoms with E-state index in [0.29, 0.717) is 5.82 Å². The van der Waals surface area contributed by atoms with Gasteiger partial charge >= 0.3 is 0 Å². The van der Waals surface area contributed by atoms with Crippen molar-refractivity contribution in [3.63, 3.8) is 0 Å². The molecule has 1 saturated heterocycles. The summed E-state index contributed by atoms with van der Waals surface area (Å²) < 4.78 is 2.06. The predicted octanol–water partition coefficient (Wildman–Crippen LogP) is 6.83. The number of pyridine rings is 1. The number of benzene rings is 3. The van der Waals surface area contributed by atoms with Gasteiger partial charge in [0.25, 0.3) is 0 Å². The van der Waals surface area contributed by atoms with Gasteiger partial charge in [0.2, 0.25) is 0 Å². The highest BCUT2D eigenvalue weighted by atomic mass is 15.4. The quantitative estimate of drug-likeness (QED) is 0.211. The van der Waals surface area contributed by atoms with Crippen molar-refractivity contribution in [2.75, 3.05) is 23.4 Å². The molecule has 0 aliphatic carbocycles. The molecule has 0 saturated carbocycles. The van der Waals surface area contributed by atoms with Crippen LogP contribution in [-0.2, 0) is 0 Å². The van der Waals surface area contributed by atoms with Crippen molar-refractivity contribution in [3.8, 4) is 16.8 Å². The molecule has 6 rings (SSSR count). The van der Waals surface area contributed by atoms with E-state index >= 15 is 0 Å². The number of hydrogen-bond donors (Lipinski definition) is 1. The number of aromatic nitrogens is 3. The Morgan fingerprint density at radius 3 is 2.32 bits per heavy atom. The van der Waals surface area contributed by atoms with Crippen LogP contribution in [0.3, 0.4) is 0 Å². The minimum atomic E-state index is 0.710. The maximum Gasteiger partial charge on any atom is 0.147 e. The van der Waals surface area contributed by atoms with Gasteiger partial charge in [-0.05, 0) is 61.6 Å². The summed E-state index contributed by atoms with van der Waals surface area (Å²) >= 11 is 0. The number of piperidine rings is 1. The monoisotopic (exact) mass is 486 g/mol. The van der Waals surface area contributed by atoms with E-state index in [-0.39, 0.29) is 0 Å². The zero-order chi connectivity index (χ0) is 25.0. The lowest BCUT2D eigenvalue weighted by atomic mass is 10.0. The standard InChI is InChI=1S/C31H30N6/c1-23-28(31(36-19-11-4-12-20-36)37(35-23)25-15-7-3-8-16-25)22-32-34-30-21-27(24-13-5-2-6-14-24)26-17-9-10-18-29(26)33-30/h2-3,5-10,13-18,21-22H,4,11-12,19-20H2,1H3,(H,33,34). The molecular weight excluding hydrogens is 456 g/mol. The molecule has 6 heteroatoms. The summed E-state index contributed by atoms with van der Waals surface area (Å²) in [6.07, 6.45) is 5.55. The SMILES string of the molecule is Cc1nn(-c2ccccc2)c(N2CCCCC2)c1C=NNc1cc(-c2ccccc2)c2ccccc2n1. The van der Waals surface area contributed by atoms with Crippen LogP contribution in [0.2, 0.25) is 0 Å². The maximum absolute atomic E-state index is 4.92. The first-order valence-electron chi connectivity index (χ1n) is 12.9. The molecule has 6 nitrogen and oxygen atoms in total. The molecule has 3 heterocycles. The first kappa shape index (κ1) is 23.0. The van der Waals surface area contributed by atoms with Gasteiger partial charge in [0.05, 0.1) is 28.7 Å². The van der Waals surface area contributed by atoms with E-state index in [1.807, 2.05) is 30.5 Å². The molecule has 1 N–H and O–H groups in total. The lowest BCUT2D eigenvalue weighted by Gasteiger charge is -2.29. The molecule has 1 aliphatic rings. The first-order valence-corrected chi connectivity index (χ1v) is 12.9. The van der Waals surface area contributed by atoms with Gasteiger partial charge in [-0.25, -0.2) is 9.67 Å². The van der Waals surface area contributed by atoms with E-state index in [1.165, 1.54) is 19.3 Å². The molecule has 0 amide bonds. The summed E-state index contributed by atoms with van der Waals surface area (Å²) in [5, 5.41) is 10.7. The van der Waals surface area contributed by atoms with E-state index in [1.54, 1.807) is 0 Å².